The molecule has 0 saturated heterocycles. The van der Waals surface area contributed by atoms with Gasteiger partial charge in [-0.15, -0.1) is 11.3 Å². The number of thiazole rings is 1. The van der Waals surface area contributed by atoms with Gasteiger partial charge in [0, 0.05) is 22.0 Å². The molecule has 0 aliphatic carbocycles. The van der Waals surface area contributed by atoms with Crippen molar-refractivity contribution in [2.75, 3.05) is 6.54 Å². The van der Waals surface area contributed by atoms with Crippen LogP contribution in [0.5, 0.6) is 0 Å². The van der Waals surface area contributed by atoms with Crippen molar-refractivity contribution in [2.45, 2.75) is 13.5 Å². The van der Waals surface area contributed by atoms with Crippen LogP contribution in [-0.2, 0) is 6.54 Å². The Morgan fingerprint density at radius 3 is 3.06 bits per heavy atom. The predicted molar refractivity (Wildman–Crippen MR) is 77.6 cm³/mol. The van der Waals surface area contributed by atoms with Gasteiger partial charge in [0.25, 0.3) is 0 Å². The first-order valence-electron chi connectivity index (χ1n) is 5.31. The summed E-state index contributed by atoms with van der Waals surface area (Å²) in [5, 5.41) is 7.02. The Bertz CT molecular complexity index is 513. The minimum atomic E-state index is 0.734. The van der Waals surface area contributed by atoms with Crippen LogP contribution in [-0.4, -0.2) is 11.5 Å². The Morgan fingerprint density at radius 2 is 2.29 bits per heavy atom. The van der Waals surface area contributed by atoms with Crippen molar-refractivity contribution < 1.29 is 0 Å². The number of nitrogens with one attached hydrogen (secondary N) is 1. The molecule has 0 aliphatic heterocycles. The van der Waals surface area contributed by atoms with Crippen molar-refractivity contribution in [3.63, 3.8) is 0 Å². The molecule has 0 amide bonds. The summed E-state index contributed by atoms with van der Waals surface area (Å²) in [5.41, 5.74) is 2.04. The molecule has 2 nitrogen and oxygen atoms in total. The lowest BCUT2D eigenvalue weighted by molar-refractivity contribution is 0.715. The topological polar surface area (TPSA) is 24.9 Å². The van der Waals surface area contributed by atoms with Crippen LogP contribution in [0, 0.1) is 0 Å². The maximum Gasteiger partial charge on any atom is 0.125 e. The van der Waals surface area contributed by atoms with Crippen molar-refractivity contribution in [3.05, 3.63) is 38.8 Å². The summed E-state index contributed by atoms with van der Waals surface area (Å²) in [6, 6.07) is 5.81. The van der Waals surface area contributed by atoms with E-state index in [1.165, 1.54) is 0 Å². The molecule has 1 N–H and O–H groups in total. The lowest BCUT2D eigenvalue weighted by Crippen LogP contribution is -2.11. The van der Waals surface area contributed by atoms with Gasteiger partial charge >= 0.3 is 0 Å². The van der Waals surface area contributed by atoms with E-state index in [1.54, 1.807) is 11.3 Å². The lowest BCUT2D eigenvalue weighted by Gasteiger charge is -2.01. The number of hydrogen-bond acceptors (Lipinski definition) is 3. The average molecular weight is 332 g/mol. The quantitative estimate of drug-likeness (QED) is 0.901. The van der Waals surface area contributed by atoms with Gasteiger partial charge in [0.15, 0.2) is 0 Å². The molecule has 0 bridgehead atoms. The molecule has 2 rings (SSSR count). The van der Waals surface area contributed by atoms with E-state index < -0.39 is 0 Å². The van der Waals surface area contributed by atoms with Gasteiger partial charge in [-0.3, -0.25) is 0 Å². The van der Waals surface area contributed by atoms with Gasteiger partial charge in [0.05, 0.1) is 10.7 Å². The van der Waals surface area contributed by atoms with Gasteiger partial charge < -0.3 is 5.32 Å². The molecule has 90 valence electrons. The van der Waals surface area contributed by atoms with E-state index in [2.05, 4.69) is 38.5 Å². The predicted octanol–water partition coefficient (Wildman–Crippen LogP) is 4.34. The third-order valence-electron chi connectivity index (χ3n) is 2.27. The largest absolute Gasteiger partial charge is 0.311 e. The molecule has 5 heteroatoms. The van der Waals surface area contributed by atoms with Crippen molar-refractivity contribution >= 4 is 38.9 Å². The summed E-state index contributed by atoms with van der Waals surface area (Å²) < 4.78 is 1.01. The SMILES string of the molecule is CCNCc1csc(-c2cc(Br)ccc2Cl)n1. The van der Waals surface area contributed by atoms with E-state index in [1.807, 2.05) is 18.2 Å². The average Bonchev–Trinajstić information content (AvgIpc) is 2.78. The Kier molecular flexibility index (Phi) is 4.56. The molecule has 0 aliphatic rings. The summed E-state index contributed by atoms with van der Waals surface area (Å²) in [6.45, 7) is 3.83. The van der Waals surface area contributed by atoms with E-state index in [9.17, 15) is 0 Å². The summed E-state index contributed by atoms with van der Waals surface area (Å²) >= 11 is 11.2. The third-order valence-corrected chi connectivity index (χ3v) is 4.01. The first-order valence-corrected chi connectivity index (χ1v) is 7.36. The van der Waals surface area contributed by atoms with Crippen LogP contribution in [0.25, 0.3) is 10.6 Å². The molecule has 17 heavy (non-hydrogen) atoms. The Hall–Kier alpha value is -0.420. The summed E-state index contributed by atoms with van der Waals surface area (Å²) in [6.07, 6.45) is 0. The minimum Gasteiger partial charge on any atom is -0.311 e. The Morgan fingerprint density at radius 1 is 1.47 bits per heavy atom. The van der Waals surface area contributed by atoms with E-state index in [0.29, 0.717) is 0 Å². The zero-order chi connectivity index (χ0) is 12.3. The van der Waals surface area contributed by atoms with Crippen molar-refractivity contribution in [1.82, 2.24) is 10.3 Å². The van der Waals surface area contributed by atoms with E-state index in [4.69, 9.17) is 11.6 Å². The molecule has 0 atom stereocenters. The van der Waals surface area contributed by atoms with Gasteiger partial charge in [-0.05, 0) is 24.7 Å². The molecule has 0 spiro atoms. The second kappa shape index (κ2) is 5.96. The van der Waals surface area contributed by atoms with Crippen molar-refractivity contribution in [3.8, 4) is 10.6 Å². The molecule has 1 aromatic heterocycles. The second-order valence-corrected chi connectivity index (χ2v) is 5.73. The highest BCUT2D eigenvalue weighted by atomic mass is 79.9. The minimum absolute atomic E-state index is 0.734. The van der Waals surface area contributed by atoms with E-state index in [-0.39, 0.29) is 0 Å². The molecule has 0 saturated carbocycles. The molecular formula is C12H12BrClN2S. The summed E-state index contributed by atoms with van der Waals surface area (Å²) in [4.78, 5) is 4.57. The monoisotopic (exact) mass is 330 g/mol. The smallest absolute Gasteiger partial charge is 0.125 e. The Balaban J connectivity index is 2.27. The fourth-order valence-corrected chi connectivity index (χ4v) is 2.90. The van der Waals surface area contributed by atoms with Gasteiger partial charge in [-0.25, -0.2) is 4.98 Å². The highest BCUT2D eigenvalue weighted by Crippen LogP contribution is 2.32. The molecular weight excluding hydrogens is 320 g/mol. The highest BCUT2D eigenvalue weighted by Gasteiger charge is 2.08. The molecule has 2 aromatic rings. The standard InChI is InChI=1S/C12H12BrClN2S/c1-2-15-6-9-7-17-12(16-9)10-5-8(13)3-4-11(10)14/h3-5,7,15H,2,6H2,1H3. The third kappa shape index (κ3) is 3.28. The zero-order valence-electron chi connectivity index (χ0n) is 9.34. The molecule has 1 aromatic carbocycles. The maximum absolute atomic E-state index is 6.17. The number of aromatic nitrogens is 1. The maximum atomic E-state index is 6.17. The molecule has 0 fully saturated rings. The number of halogens is 2. The van der Waals surface area contributed by atoms with E-state index in [0.717, 1.165) is 38.8 Å². The van der Waals surface area contributed by atoms with Gasteiger partial charge in [-0.1, -0.05) is 34.5 Å². The van der Waals surface area contributed by atoms with Crippen molar-refractivity contribution in [2.24, 2.45) is 0 Å². The zero-order valence-corrected chi connectivity index (χ0v) is 12.5. The lowest BCUT2D eigenvalue weighted by atomic mass is 10.2. The van der Waals surface area contributed by atoms with Gasteiger partial charge in [0.1, 0.15) is 5.01 Å². The van der Waals surface area contributed by atoms with Gasteiger partial charge in [0.2, 0.25) is 0 Å². The number of nitrogens with zero attached hydrogens (tertiary/aromatic N) is 1. The van der Waals surface area contributed by atoms with Crippen LogP contribution in [0.1, 0.15) is 12.6 Å². The molecule has 0 unspecified atom stereocenters. The first-order chi connectivity index (χ1) is 8.20. The van der Waals surface area contributed by atoms with Crippen LogP contribution < -0.4 is 5.32 Å². The highest BCUT2D eigenvalue weighted by molar-refractivity contribution is 9.10. The van der Waals surface area contributed by atoms with E-state index >= 15 is 0 Å². The normalized spacial score (nSPS) is 10.8. The molecule has 0 radical (unpaired) electrons. The van der Waals surface area contributed by atoms with Crippen LogP contribution in [0.15, 0.2) is 28.1 Å². The fraction of sp³-hybridized carbons (Fsp3) is 0.250. The second-order valence-electron chi connectivity index (χ2n) is 3.55. The fourth-order valence-electron chi connectivity index (χ4n) is 1.43. The summed E-state index contributed by atoms with van der Waals surface area (Å²) in [5.74, 6) is 0. The number of hydrogen-bond donors (Lipinski definition) is 1. The number of benzene rings is 1. The molecule has 1 heterocycles. The van der Waals surface area contributed by atoms with Crippen LogP contribution in [0.4, 0.5) is 0 Å². The Labute approximate surface area is 118 Å². The van der Waals surface area contributed by atoms with Crippen LogP contribution >= 0.6 is 38.9 Å². The first kappa shape index (κ1) is 13.0. The van der Waals surface area contributed by atoms with Crippen molar-refractivity contribution in [1.29, 1.82) is 0 Å². The van der Waals surface area contributed by atoms with Gasteiger partial charge in [-0.2, -0.15) is 0 Å². The van der Waals surface area contributed by atoms with Crippen LogP contribution in [0.3, 0.4) is 0 Å². The van der Waals surface area contributed by atoms with Crippen LogP contribution in [0.2, 0.25) is 5.02 Å². The summed E-state index contributed by atoms with van der Waals surface area (Å²) in [7, 11) is 0. The number of rotatable bonds is 4.